The molecule has 1 aromatic heterocycles. The molecule has 2 rings (SSSR count). The number of nitrogen functional groups attached to an aromatic ring is 1. The Morgan fingerprint density at radius 3 is 2.75 bits per heavy atom. The summed E-state index contributed by atoms with van der Waals surface area (Å²) in [4.78, 5) is 38.1. The van der Waals surface area contributed by atoms with E-state index >= 15 is 0 Å². The molecular weight excluding hydrogens is 314 g/mol. The fourth-order valence-electron chi connectivity index (χ4n) is 2.02. The quantitative estimate of drug-likeness (QED) is 0.428. The molecule has 0 saturated carbocycles. The minimum absolute atomic E-state index is 0.0455. The Labute approximate surface area is 137 Å². The Morgan fingerprint density at radius 1 is 1.38 bits per heavy atom. The number of hydrogen-bond donors (Lipinski definition) is 3. The van der Waals surface area contributed by atoms with Crippen LogP contribution in [-0.2, 0) is 4.79 Å². The van der Waals surface area contributed by atoms with E-state index in [0.717, 1.165) is 0 Å². The normalized spacial score (nSPS) is 10.0. The lowest BCUT2D eigenvalue weighted by molar-refractivity contribution is -0.384. The monoisotopic (exact) mass is 329 g/mol. The average molecular weight is 329 g/mol. The van der Waals surface area contributed by atoms with Crippen molar-refractivity contribution in [2.24, 2.45) is 0 Å². The number of hydrogen-bond acceptors (Lipinski definition) is 6. The van der Waals surface area contributed by atoms with Crippen molar-refractivity contribution in [3.8, 4) is 0 Å². The first-order chi connectivity index (χ1) is 11.4. The molecule has 9 nitrogen and oxygen atoms in total. The van der Waals surface area contributed by atoms with Crippen molar-refractivity contribution in [2.45, 2.75) is 6.92 Å². The number of carbonyl (C=O) groups is 2. The minimum atomic E-state index is -0.666. The van der Waals surface area contributed by atoms with Crippen LogP contribution in [0.25, 0.3) is 0 Å². The van der Waals surface area contributed by atoms with Gasteiger partial charge in [0.25, 0.3) is 11.6 Å². The van der Waals surface area contributed by atoms with Gasteiger partial charge in [0.05, 0.1) is 28.9 Å². The number of nitrogens with one attached hydrogen (secondary N) is 2. The van der Waals surface area contributed by atoms with Gasteiger partial charge in [-0.05, 0) is 30.7 Å². The first-order valence-corrected chi connectivity index (χ1v) is 6.91. The SMILES string of the molecule is Cc1cc(C(=O)NCC(=O)Nc2cccnc2)c(N)c([N+](=O)[O-])c1. The lowest BCUT2D eigenvalue weighted by Crippen LogP contribution is -2.33. The van der Waals surface area contributed by atoms with Gasteiger partial charge < -0.3 is 16.4 Å². The fraction of sp³-hybridized carbons (Fsp3) is 0.133. The van der Waals surface area contributed by atoms with E-state index in [2.05, 4.69) is 15.6 Å². The summed E-state index contributed by atoms with van der Waals surface area (Å²) in [5.74, 6) is -1.13. The number of amides is 2. The number of anilines is 2. The maximum atomic E-state index is 12.1. The highest BCUT2D eigenvalue weighted by Gasteiger charge is 2.20. The molecule has 4 N–H and O–H groups in total. The third kappa shape index (κ3) is 4.03. The van der Waals surface area contributed by atoms with Gasteiger partial charge in [0.2, 0.25) is 5.91 Å². The highest BCUT2D eigenvalue weighted by atomic mass is 16.6. The Balaban J connectivity index is 2.05. The molecule has 0 bridgehead atoms. The summed E-state index contributed by atoms with van der Waals surface area (Å²) in [7, 11) is 0. The smallest absolute Gasteiger partial charge is 0.293 e. The molecule has 0 radical (unpaired) electrons. The van der Waals surface area contributed by atoms with Gasteiger partial charge in [-0.15, -0.1) is 0 Å². The molecule has 0 aliphatic carbocycles. The molecule has 0 unspecified atom stereocenters. The van der Waals surface area contributed by atoms with Gasteiger partial charge in [0.15, 0.2) is 0 Å². The third-order valence-corrected chi connectivity index (χ3v) is 3.10. The number of nitrogens with two attached hydrogens (primary N) is 1. The number of aryl methyl sites for hydroxylation is 1. The van der Waals surface area contributed by atoms with E-state index in [4.69, 9.17) is 5.73 Å². The predicted octanol–water partition coefficient (Wildman–Crippen LogP) is 1.25. The lowest BCUT2D eigenvalue weighted by atomic mass is 10.1. The van der Waals surface area contributed by atoms with Gasteiger partial charge in [-0.3, -0.25) is 24.7 Å². The summed E-state index contributed by atoms with van der Waals surface area (Å²) in [6, 6.07) is 6.01. The molecule has 0 spiro atoms. The van der Waals surface area contributed by atoms with Gasteiger partial charge >= 0.3 is 0 Å². The zero-order valence-electron chi connectivity index (χ0n) is 12.8. The second-order valence-corrected chi connectivity index (χ2v) is 4.97. The van der Waals surface area contributed by atoms with Gasteiger partial charge in [-0.25, -0.2) is 0 Å². The second-order valence-electron chi connectivity index (χ2n) is 4.97. The van der Waals surface area contributed by atoms with Gasteiger partial charge in [0.1, 0.15) is 5.69 Å². The number of pyridine rings is 1. The number of nitrogens with zero attached hydrogens (tertiary/aromatic N) is 2. The van der Waals surface area contributed by atoms with Crippen molar-refractivity contribution < 1.29 is 14.5 Å². The minimum Gasteiger partial charge on any atom is -0.393 e. The Morgan fingerprint density at radius 2 is 2.12 bits per heavy atom. The van der Waals surface area contributed by atoms with Gasteiger partial charge in [-0.2, -0.15) is 0 Å². The van der Waals surface area contributed by atoms with E-state index in [-0.39, 0.29) is 23.5 Å². The first-order valence-electron chi connectivity index (χ1n) is 6.91. The molecule has 2 amide bonds. The van der Waals surface area contributed by atoms with Crippen LogP contribution in [0.5, 0.6) is 0 Å². The molecule has 24 heavy (non-hydrogen) atoms. The van der Waals surface area contributed by atoms with Crippen molar-refractivity contribution in [1.82, 2.24) is 10.3 Å². The van der Waals surface area contributed by atoms with E-state index in [1.165, 1.54) is 18.3 Å². The fourth-order valence-corrected chi connectivity index (χ4v) is 2.02. The Hall–Kier alpha value is -3.49. The van der Waals surface area contributed by atoms with Crippen molar-refractivity contribution in [3.63, 3.8) is 0 Å². The van der Waals surface area contributed by atoms with Crippen molar-refractivity contribution in [3.05, 3.63) is 57.9 Å². The molecule has 0 aliphatic rings. The molecule has 0 fully saturated rings. The number of aromatic nitrogens is 1. The number of nitro groups is 1. The molecule has 9 heteroatoms. The zero-order valence-corrected chi connectivity index (χ0v) is 12.8. The van der Waals surface area contributed by atoms with E-state index in [9.17, 15) is 19.7 Å². The number of carbonyl (C=O) groups excluding carboxylic acids is 2. The van der Waals surface area contributed by atoms with Crippen LogP contribution in [0.2, 0.25) is 0 Å². The van der Waals surface area contributed by atoms with Crippen LogP contribution in [0, 0.1) is 17.0 Å². The van der Waals surface area contributed by atoms with Crippen molar-refractivity contribution >= 4 is 28.9 Å². The summed E-state index contributed by atoms with van der Waals surface area (Å²) in [5, 5.41) is 15.9. The molecule has 1 heterocycles. The Bertz CT molecular complexity index is 792. The third-order valence-electron chi connectivity index (χ3n) is 3.10. The van der Waals surface area contributed by atoms with Crippen LogP contribution in [0.15, 0.2) is 36.7 Å². The maximum Gasteiger partial charge on any atom is 0.293 e. The zero-order chi connectivity index (χ0) is 17.7. The van der Waals surface area contributed by atoms with E-state index in [1.807, 2.05) is 0 Å². The van der Waals surface area contributed by atoms with Crippen molar-refractivity contribution in [1.29, 1.82) is 0 Å². The summed E-state index contributed by atoms with van der Waals surface area (Å²) < 4.78 is 0. The number of rotatable bonds is 5. The first kappa shape index (κ1) is 16.9. The van der Waals surface area contributed by atoms with Gasteiger partial charge in [0, 0.05) is 12.3 Å². The van der Waals surface area contributed by atoms with Crippen LogP contribution >= 0.6 is 0 Å². The Kier molecular flexibility index (Phi) is 5.05. The average Bonchev–Trinajstić information content (AvgIpc) is 2.55. The van der Waals surface area contributed by atoms with Crippen LogP contribution in [0.1, 0.15) is 15.9 Å². The van der Waals surface area contributed by atoms with Crippen molar-refractivity contribution in [2.75, 3.05) is 17.6 Å². The molecule has 124 valence electrons. The largest absolute Gasteiger partial charge is 0.393 e. The summed E-state index contributed by atoms with van der Waals surface area (Å²) >= 11 is 0. The van der Waals surface area contributed by atoms with E-state index in [0.29, 0.717) is 11.3 Å². The van der Waals surface area contributed by atoms with E-state index < -0.39 is 16.7 Å². The second kappa shape index (κ2) is 7.18. The predicted molar refractivity (Wildman–Crippen MR) is 87.4 cm³/mol. The molecule has 0 saturated heterocycles. The standard InChI is InChI=1S/C15H15N5O4/c1-9-5-11(14(16)12(6-9)20(23)24)15(22)18-8-13(21)19-10-3-2-4-17-7-10/h2-7H,8,16H2,1H3,(H,18,22)(H,19,21). The molecule has 1 aromatic carbocycles. The number of benzene rings is 1. The van der Waals surface area contributed by atoms with Crippen LogP contribution < -0.4 is 16.4 Å². The summed E-state index contributed by atoms with van der Waals surface area (Å²) in [6.07, 6.45) is 3.02. The van der Waals surface area contributed by atoms with E-state index in [1.54, 1.807) is 25.3 Å². The van der Waals surface area contributed by atoms with Crippen LogP contribution in [-0.4, -0.2) is 28.3 Å². The van der Waals surface area contributed by atoms with Crippen LogP contribution in [0.3, 0.4) is 0 Å². The highest BCUT2D eigenvalue weighted by Crippen LogP contribution is 2.26. The molecule has 0 aliphatic heterocycles. The molecular formula is C15H15N5O4. The highest BCUT2D eigenvalue weighted by molar-refractivity contribution is 6.03. The topological polar surface area (TPSA) is 140 Å². The van der Waals surface area contributed by atoms with Gasteiger partial charge in [-0.1, -0.05) is 0 Å². The lowest BCUT2D eigenvalue weighted by Gasteiger charge is -2.09. The summed E-state index contributed by atoms with van der Waals surface area (Å²) in [5.41, 5.74) is 6.04. The summed E-state index contributed by atoms with van der Waals surface area (Å²) in [6.45, 7) is 1.30. The maximum absolute atomic E-state index is 12.1. The molecule has 0 atom stereocenters. The molecule has 2 aromatic rings. The van der Waals surface area contributed by atoms with Crippen LogP contribution in [0.4, 0.5) is 17.1 Å². The number of nitro benzene ring substituents is 1.